The predicted molar refractivity (Wildman–Crippen MR) is 153 cm³/mol. The van der Waals surface area contributed by atoms with E-state index in [2.05, 4.69) is 49.1 Å². The second kappa shape index (κ2) is 10.7. The van der Waals surface area contributed by atoms with Gasteiger partial charge in [0.1, 0.15) is 11.4 Å². The summed E-state index contributed by atoms with van der Waals surface area (Å²) in [6.45, 7) is 4.15. The molecule has 200 valence electrons. The molecular weight excluding hydrogens is 512 g/mol. The Kier molecular flexibility index (Phi) is 6.99. The van der Waals surface area contributed by atoms with Gasteiger partial charge in [0.25, 0.3) is 0 Å². The Morgan fingerprint density at radius 2 is 1.72 bits per heavy atom. The molecule has 0 bridgehead atoms. The quantitative estimate of drug-likeness (QED) is 0.293. The number of aromatic amines is 1. The van der Waals surface area contributed by atoms with Crippen LogP contribution in [0.1, 0.15) is 6.42 Å². The van der Waals surface area contributed by atoms with Crippen molar-refractivity contribution in [2.45, 2.75) is 6.42 Å². The molecule has 1 aliphatic heterocycles. The van der Waals surface area contributed by atoms with E-state index in [1.807, 2.05) is 42.9 Å². The van der Waals surface area contributed by atoms with Gasteiger partial charge in [0, 0.05) is 73.2 Å². The zero-order chi connectivity index (χ0) is 26.8. The number of ether oxygens (including phenoxy) is 1. The fourth-order valence-corrected chi connectivity index (χ4v) is 5.84. The number of sulfonamides is 1. The predicted octanol–water partition coefficient (Wildman–Crippen LogP) is 4.19. The van der Waals surface area contributed by atoms with Crippen LogP contribution in [-0.4, -0.2) is 83.1 Å². The Morgan fingerprint density at radius 3 is 2.46 bits per heavy atom. The number of benzene rings is 1. The molecule has 0 atom stereocenters. The number of hydrogen-bond acceptors (Lipinski definition) is 7. The van der Waals surface area contributed by atoms with Crippen LogP contribution >= 0.6 is 0 Å². The molecule has 10 heteroatoms. The van der Waals surface area contributed by atoms with Crippen LogP contribution in [0.3, 0.4) is 0 Å². The van der Waals surface area contributed by atoms with E-state index in [4.69, 9.17) is 4.74 Å². The van der Waals surface area contributed by atoms with Gasteiger partial charge in [0.15, 0.2) is 0 Å². The number of aromatic nitrogens is 4. The lowest BCUT2D eigenvalue weighted by molar-refractivity contribution is 0.175. The molecule has 1 aromatic carbocycles. The van der Waals surface area contributed by atoms with Crippen LogP contribution in [-0.2, 0) is 10.0 Å². The van der Waals surface area contributed by atoms with E-state index in [9.17, 15) is 8.42 Å². The van der Waals surface area contributed by atoms with Crippen molar-refractivity contribution < 1.29 is 13.2 Å². The van der Waals surface area contributed by atoms with Crippen molar-refractivity contribution in [2.75, 3.05) is 45.6 Å². The highest BCUT2D eigenvalue weighted by Gasteiger charge is 2.22. The third-order valence-electron chi connectivity index (χ3n) is 7.17. The van der Waals surface area contributed by atoms with Crippen molar-refractivity contribution in [1.29, 1.82) is 0 Å². The highest BCUT2D eigenvalue weighted by molar-refractivity contribution is 7.88. The van der Waals surface area contributed by atoms with E-state index in [-0.39, 0.29) is 0 Å². The first kappa shape index (κ1) is 25.4. The molecule has 1 saturated heterocycles. The minimum Gasteiger partial charge on any atom is -0.494 e. The fraction of sp³-hybridized carbons (Fsp3) is 0.276. The number of nitrogens with one attached hydrogen (secondary N) is 1. The lowest BCUT2D eigenvalue weighted by Gasteiger charge is -2.33. The smallest absolute Gasteiger partial charge is 0.211 e. The first-order valence-corrected chi connectivity index (χ1v) is 14.9. The Labute approximate surface area is 227 Å². The molecule has 0 aliphatic carbocycles. The minimum atomic E-state index is -3.09. The van der Waals surface area contributed by atoms with E-state index in [1.165, 1.54) is 6.26 Å². The van der Waals surface area contributed by atoms with Crippen molar-refractivity contribution in [1.82, 2.24) is 29.1 Å². The van der Waals surface area contributed by atoms with E-state index >= 15 is 0 Å². The average molecular weight is 543 g/mol. The summed E-state index contributed by atoms with van der Waals surface area (Å²) in [6, 6.07) is 16.3. The molecule has 0 spiro atoms. The zero-order valence-corrected chi connectivity index (χ0v) is 22.6. The zero-order valence-electron chi connectivity index (χ0n) is 21.7. The van der Waals surface area contributed by atoms with Gasteiger partial charge in [-0.25, -0.2) is 13.4 Å². The second-order valence-electron chi connectivity index (χ2n) is 9.83. The summed E-state index contributed by atoms with van der Waals surface area (Å²) in [6.07, 6.45) is 9.47. The molecule has 1 N–H and O–H groups in total. The summed E-state index contributed by atoms with van der Waals surface area (Å²) < 4.78 is 30.8. The summed E-state index contributed by atoms with van der Waals surface area (Å²) in [5, 5.41) is 2.12. The fourth-order valence-electron chi connectivity index (χ4n) is 5.01. The van der Waals surface area contributed by atoms with Crippen LogP contribution in [0.2, 0.25) is 0 Å². The Morgan fingerprint density at radius 1 is 0.897 bits per heavy atom. The maximum Gasteiger partial charge on any atom is 0.211 e. The maximum atomic E-state index is 11.7. The van der Waals surface area contributed by atoms with Gasteiger partial charge in [-0.15, -0.1) is 0 Å². The van der Waals surface area contributed by atoms with Crippen molar-refractivity contribution in [3.8, 4) is 28.1 Å². The SMILES string of the molecule is CS(=O)(=O)N1CCN(CCCOc2ccc(-c3cnc4[nH]c5cnc(-c6cccnc6)cc5c4c3)cc2)CC1. The third kappa shape index (κ3) is 5.63. The van der Waals surface area contributed by atoms with Gasteiger partial charge in [-0.3, -0.25) is 9.97 Å². The van der Waals surface area contributed by atoms with Crippen LogP contribution in [0.5, 0.6) is 5.75 Å². The summed E-state index contributed by atoms with van der Waals surface area (Å²) in [5.74, 6) is 0.828. The van der Waals surface area contributed by atoms with Crippen molar-refractivity contribution >= 4 is 32.0 Å². The summed E-state index contributed by atoms with van der Waals surface area (Å²) in [7, 11) is -3.09. The van der Waals surface area contributed by atoms with E-state index in [1.54, 1.807) is 10.5 Å². The van der Waals surface area contributed by atoms with Gasteiger partial charge in [-0.1, -0.05) is 12.1 Å². The lowest BCUT2D eigenvalue weighted by atomic mass is 10.1. The normalized spacial score (nSPS) is 15.2. The monoisotopic (exact) mass is 542 g/mol. The van der Waals surface area contributed by atoms with Crippen molar-refractivity contribution in [3.63, 3.8) is 0 Å². The van der Waals surface area contributed by atoms with E-state index < -0.39 is 10.0 Å². The lowest BCUT2D eigenvalue weighted by Crippen LogP contribution is -2.48. The molecule has 9 nitrogen and oxygen atoms in total. The van der Waals surface area contributed by atoms with Crippen LogP contribution < -0.4 is 4.74 Å². The van der Waals surface area contributed by atoms with Crippen LogP contribution in [0.4, 0.5) is 0 Å². The van der Waals surface area contributed by atoms with Gasteiger partial charge in [-0.05, 0) is 48.4 Å². The number of H-pyrrole nitrogens is 1. The van der Waals surface area contributed by atoms with E-state index in [0.29, 0.717) is 19.7 Å². The highest BCUT2D eigenvalue weighted by atomic mass is 32.2. The number of fused-ring (bicyclic) bond motifs is 3. The number of hydrogen-bond donors (Lipinski definition) is 1. The number of nitrogens with zero attached hydrogens (tertiary/aromatic N) is 5. The van der Waals surface area contributed by atoms with E-state index in [0.717, 1.165) is 76.1 Å². The maximum absolute atomic E-state index is 11.7. The van der Waals surface area contributed by atoms with Crippen LogP contribution in [0.15, 0.2) is 73.3 Å². The van der Waals surface area contributed by atoms with Crippen LogP contribution in [0, 0.1) is 0 Å². The Bertz CT molecular complexity index is 1700. The summed E-state index contributed by atoms with van der Waals surface area (Å²) >= 11 is 0. The minimum absolute atomic E-state index is 0.558. The first-order valence-electron chi connectivity index (χ1n) is 13.0. The third-order valence-corrected chi connectivity index (χ3v) is 8.47. The molecule has 5 aromatic rings. The molecule has 0 saturated carbocycles. The molecule has 4 aromatic heterocycles. The topological polar surface area (TPSA) is 104 Å². The number of rotatable bonds is 8. The number of piperazine rings is 1. The molecule has 0 radical (unpaired) electrons. The Balaban J connectivity index is 1.09. The highest BCUT2D eigenvalue weighted by Crippen LogP contribution is 2.31. The molecule has 5 heterocycles. The second-order valence-corrected chi connectivity index (χ2v) is 11.8. The number of pyridine rings is 3. The molecule has 0 unspecified atom stereocenters. The molecule has 1 fully saturated rings. The molecule has 1 aliphatic rings. The van der Waals surface area contributed by atoms with Gasteiger partial charge in [-0.2, -0.15) is 4.31 Å². The Hall–Kier alpha value is -3.86. The molecule has 6 rings (SSSR count). The standard InChI is InChI=1S/C29H30N6O3S/c1-39(36,37)35-13-11-34(12-14-35)10-3-15-38-24-7-5-21(6-8-24)23-16-26-25-17-27(22-4-2-9-30-18-22)31-20-28(25)33-29(26)32-19-23/h2,4-9,16-20H,3,10-15H2,1H3,(H,32,33). The van der Waals surface area contributed by atoms with Gasteiger partial charge in [0.05, 0.1) is 30.3 Å². The van der Waals surface area contributed by atoms with Gasteiger partial charge in [0.2, 0.25) is 10.0 Å². The van der Waals surface area contributed by atoms with Gasteiger partial charge >= 0.3 is 0 Å². The van der Waals surface area contributed by atoms with Crippen molar-refractivity contribution in [3.05, 3.63) is 73.3 Å². The molecule has 0 amide bonds. The van der Waals surface area contributed by atoms with Crippen LogP contribution in [0.25, 0.3) is 44.3 Å². The first-order chi connectivity index (χ1) is 18.9. The summed E-state index contributed by atoms with van der Waals surface area (Å²) in [4.78, 5) is 19.1. The summed E-state index contributed by atoms with van der Waals surface area (Å²) in [5.41, 5.74) is 5.72. The largest absolute Gasteiger partial charge is 0.494 e. The van der Waals surface area contributed by atoms with Gasteiger partial charge < -0.3 is 14.6 Å². The molecular formula is C29H30N6O3S. The van der Waals surface area contributed by atoms with Crippen molar-refractivity contribution in [2.24, 2.45) is 0 Å². The molecule has 39 heavy (non-hydrogen) atoms. The average Bonchev–Trinajstić information content (AvgIpc) is 3.33.